The maximum atomic E-state index is 5.67. The number of nitrogens with one attached hydrogen (secondary N) is 1. The van der Waals surface area contributed by atoms with Gasteiger partial charge in [0.1, 0.15) is 0 Å². The first kappa shape index (κ1) is 9.75. The molecule has 0 bridgehead atoms. The van der Waals surface area contributed by atoms with Crippen molar-refractivity contribution in [2.24, 2.45) is 0 Å². The Morgan fingerprint density at radius 2 is 2.33 bits per heavy atom. The van der Waals surface area contributed by atoms with E-state index in [1.807, 2.05) is 7.05 Å². The van der Waals surface area contributed by atoms with E-state index in [4.69, 9.17) is 4.74 Å². The molecule has 0 saturated carbocycles. The van der Waals surface area contributed by atoms with Gasteiger partial charge >= 0.3 is 0 Å². The van der Waals surface area contributed by atoms with Crippen LogP contribution in [0.2, 0.25) is 0 Å². The largest absolute Gasteiger partial charge is 0.371 e. The second-order valence-corrected chi connectivity index (χ2v) is 3.61. The number of hydrogen-bond donors (Lipinski definition) is 1. The van der Waals surface area contributed by atoms with E-state index in [1.165, 1.54) is 18.4 Å². The van der Waals surface area contributed by atoms with Crippen molar-refractivity contribution in [3.63, 3.8) is 0 Å². The van der Waals surface area contributed by atoms with E-state index in [2.05, 4.69) is 25.2 Å². The topological polar surface area (TPSA) is 21.3 Å². The van der Waals surface area contributed by atoms with Crippen LogP contribution in [0.4, 0.5) is 0 Å². The second-order valence-electron chi connectivity index (χ2n) is 3.61. The molecule has 1 saturated heterocycles. The predicted octanol–water partition coefficient (Wildman–Crippen LogP) is 1.72. The van der Waals surface area contributed by atoms with Crippen molar-refractivity contribution in [1.82, 2.24) is 5.32 Å². The summed E-state index contributed by atoms with van der Waals surface area (Å²) < 4.78 is 5.67. The molecule has 2 heteroatoms. The Labute approximate surface area is 75.0 Å². The van der Waals surface area contributed by atoms with Crippen molar-refractivity contribution in [1.29, 1.82) is 0 Å². The zero-order chi connectivity index (χ0) is 8.97. The van der Waals surface area contributed by atoms with Crippen molar-refractivity contribution >= 4 is 0 Å². The zero-order valence-electron chi connectivity index (χ0n) is 8.26. The fourth-order valence-corrected chi connectivity index (χ4v) is 1.61. The molecule has 1 heterocycles. The average molecular weight is 169 g/mol. The third-order valence-corrected chi connectivity index (χ3v) is 2.19. The van der Waals surface area contributed by atoms with E-state index >= 15 is 0 Å². The van der Waals surface area contributed by atoms with Crippen LogP contribution in [0.15, 0.2) is 11.6 Å². The van der Waals surface area contributed by atoms with Crippen molar-refractivity contribution < 1.29 is 4.74 Å². The highest BCUT2D eigenvalue weighted by Gasteiger charge is 2.19. The Morgan fingerprint density at radius 3 is 2.83 bits per heavy atom. The summed E-state index contributed by atoms with van der Waals surface area (Å²) in [6, 6.07) is 0. The molecule has 2 atom stereocenters. The average Bonchev–Trinajstić information content (AvgIpc) is 2.36. The summed E-state index contributed by atoms with van der Waals surface area (Å²) in [4.78, 5) is 0. The van der Waals surface area contributed by atoms with Gasteiger partial charge in [0, 0.05) is 6.54 Å². The molecule has 1 fully saturated rings. The Balaban J connectivity index is 2.34. The SMILES string of the molecule is CNC/C(C)=C/C1CCC(C)O1. The fourth-order valence-electron chi connectivity index (χ4n) is 1.61. The highest BCUT2D eigenvalue weighted by molar-refractivity contribution is 5.05. The van der Waals surface area contributed by atoms with Crippen LogP contribution in [0.5, 0.6) is 0 Å². The molecule has 0 aromatic rings. The van der Waals surface area contributed by atoms with Gasteiger partial charge in [-0.25, -0.2) is 0 Å². The minimum Gasteiger partial charge on any atom is -0.371 e. The third kappa shape index (κ3) is 2.95. The molecule has 0 aromatic heterocycles. The third-order valence-electron chi connectivity index (χ3n) is 2.19. The second kappa shape index (κ2) is 4.63. The maximum absolute atomic E-state index is 5.67. The Kier molecular flexibility index (Phi) is 3.76. The van der Waals surface area contributed by atoms with Crippen LogP contribution in [0.25, 0.3) is 0 Å². The molecule has 1 aliphatic heterocycles. The lowest BCUT2D eigenvalue weighted by atomic mass is 10.1. The highest BCUT2D eigenvalue weighted by Crippen LogP contribution is 2.20. The van der Waals surface area contributed by atoms with Gasteiger partial charge in [-0.2, -0.15) is 0 Å². The first-order chi connectivity index (χ1) is 5.72. The minimum atomic E-state index is 0.369. The molecule has 12 heavy (non-hydrogen) atoms. The van der Waals surface area contributed by atoms with E-state index < -0.39 is 0 Å². The predicted molar refractivity (Wildman–Crippen MR) is 51.3 cm³/mol. The van der Waals surface area contributed by atoms with E-state index in [9.17, 15) is 0 Å². The normalized spacial score (nSPS) is 31.1. The van der Waals surface area contributed by atoms with Crippen LogP contribution < -0.4 is 5.32 Å². The lowest BCUT2D eigenvalue weighted by molar-refractivity contribution is 0.0828. The Bertz CT molecular complexity index is 165. The summed E-state index contributed by atoms with van der Waals surface area (Å²) in [6.07, 6.45) is 5.44. The zero-order valence-corrected chi connectivity index (χ0v) is 8.26. The molecule has 70 valence electrons. The summed E-state index contributed by atoms with van der Waals surface area (Å²) in [5.74, 6) is 0. The molecule has 2 unspecified atom stereocenters. The molecule has 0 aromatic carbocycles. The quantitative estimate of drug-likeness (QED) is 0.649. The minimum absolute atomic E-state index is 0.369. The molecule has 0 spiro atoms. The first-order valence-electron chi connectivity index (χ1n) is 4.69. The summed E-state index contributed by atoms with van der Waals surface area (Å²) in [7, 11) is 1.97. The fraction of sp³-hybridized carbons (Fsp3) is 0.800. The monoisotopic (exact) mass is 169 g/mol. The molecular formula is C10H19NO. The van der Waals surface area contributed by atoms with Gasteiger partial charge in [-0.15, -0.1) is 0 Å². The van der Waals surface area contributed by atoms with E-state index in [0.717, 1.165) is 6.54 Å². The van der Waals surface area contributed by atoms with Crippen LogP contribution in [0.1, 0.15) is 26.7 Å². The van der Waals surface area contributed by atoms with Gasteiger partial charge in [-0.3, -0.25) is 0 Å². The molecule has 1 N–H and O–H groups in total. The number of rotatable bonds is 3. The number of ether oxygens (including phenoxy) is 1. The maximum Gasteiger partial charge on any atom is 0.0763 e. The lowest BCUT2D eigenvalue weighted by Crippen LogP contribution is -2.12. The van der Waals surface area contributed by atoms with Crippen molar-refractivity contribution in [2.75, 3.05) is 13.6 Å². The van der Waals surface area contributed by atoms with Crippen molar-refractivity contribution in [3.8, 4) is 0 Å². The van der Waals surface area contributed by atoms with E-state index in [0.29, 0.717) is 12.2 Å². The van der Waals surface area contributed by atoms with Gasteiger partial charge in [-0.1, -0.05) is 11.6 Å². The summed E-state index contributed by atoms with van der Waals surface area (Å²) in [5.41, 5.74) is 1.37. The molecule has 1 aliphatic rings. The molecule has 0 amide bonds. The lowest BCUT2D eigenvalue weighted by Gasteiger charge is -2.07. The van der Waals surface area contributed by atoms with Gasteiger partial charge in [0.05, 0.1) is 12.2 Å². The van der Waals surface area contributed by atoms with Gasteiger partial charge in [-0.05, 0) is 33.7 Å². The molecule has 0 aliphatic carbocycles. The van der Waals surface area contributed by atoms with Crippen LogP contribution >= 0.6 is 0 Å². The van der Waals surface area contributed by atoms with Gasteiger partial charge < -0.3 is 10.1 Å². The van der Waals surface area contributed by atoms with Crippen LogP contribution in [-0.2, 0) is 4.74 Å². The summed E-state index contributed by atoms with van der Waals surface area (Å²) in [6.45, 7) is 5.25. The number of likely N-dealkylation sites (N-methyl/N-ethyl adjacent to an activating group) is 1. The summed E-state index contributed by atoms with van der Waals surface area (Å²) in [5, 5.41) is 3.13. The highest BCUT2D eigenvalue weighted by atomic mass is 16.5. The van der Waals surface area contributed by atoms with Gasteiger partial charge in [0.15, 0.2) is 0 Å². The summed E-state index contributed by atoms with van der Waals surface area (Å²) >= 11 is 0. The molecular weight excluding hydrogens is 150 g/mol. The van der Waals surface area contributed by atoms with Crippen LogP contribution in [0, 0.1) is 0 Å². The number of hydrogen-bond acceptors (Lipinski definition) is 2. The standard InChI is InChI=1S/C10H19NO/c1-8(7-11-3)6-10-5-4-9(2)12-10/h6,9-11H,4-5,7H2,1-3H3/b8-6+. The molecule has 1 rings (SSSR count). The van der Waals surface area contributed by atoms with E-state index in [1.54, 1.807) is 0 Å². The Morgan fingerprint density at radius 1 is 1.58 bits per heavy atom. The Hall–Kier alpha value is -0.340. The van der Waals surface area contributed by atoms with E-state index in [-0.39, 0.29) is 0 Å². The van der Waals surface area contributed by atoms with Gasteiger partial charge in [0.25, 0.3) is 0 Å². The molecule has 0 radical (unpaired) electrons. The van der Waals surface area contributed by atoms with Crippen molar-refractivity contribution in [3.05, 3.63) is 11.6 Å². The first-order valence-corrected chi connectivity index (χ1v) is 4.69. The van der Waals surface area contributed by atoms with Gasteiger partial charge in [0.2, 0.25) is 0 Å². The van der Waals surface area contributed by atoms with Crippen molar-refractivity contribution in [2.45, 2.75) is 38.9 Å². The van der Waals surface area contributed by atoms with Crippen LogP contribution in [-0.4, -0.2) is 25.8 Å². The molecule has 2 nitrogen and oxygen atoms in total. The van der Waals surface area contributed by atoms with Crippen LogP contribution in [0.3, 0.4) is 0 Å². The smallest absolute Gasteiger partial charge is 0.0763 e.